The number of carbonyl (C=O) groups is 3. The van der Waals surface area contributed by atoms with Crippen molar-refractivity contribution in [1.29, 1.82) is 0 Å². The number of rotatable bonds is 8. The van der Waals surface area contributed by atoms with Crippen molar-refractivity contribution in [3.8, 4) is 5.75 Å². The average molecular weight is 395 g/mol. The van der Waals surface area contributed by atoms with E-state index in [1.54, 1.807) is 44.4 Å². The Hall–Kier alpha value is -3.61. The Kier molecular flexibility index (Phi) is 7.97. The summed E-state index contributed by atoms with van der Waals surface area (Å²) in [6.45, 7) is 1.46. The van der Waals surface area contributed by atoms with Crippen LogP contribution < -0.4 is 15.4 Å². The minimum atomic E-state index is -0.766. The average Bonchev–Trinajstić information content (AvgIpc) is 2.72. The minimum Gasteiger partial charge on any atom is -0.497 e. The van der Waals surface area contributed by atoms with Crippen molar-refractivity contribution in [3.63, 3.8) is 0 Å². The van der Waals surface area contributed by atoms with Crippen molar-refractivity contribution in [3.05, 3.63) is 66.2 Å². The van der Waals surface area contributed by atoms with E-state index in [0.29, 0.717) is 5.69 Å². The van der Waals surface area contributed by atoms with Gasteiger partial charge in [-0.3, -0.25) is 14.4 Å². The Balaban J connectivity index is 1.82. The van der Waals surface area contributed by atoms with Crippen molar-refractivity contribution in [2.24, 2.45) is 0 Å². The maximum Gasteiger partial charge on any atom is 0.245 e. The minimum absolute atomic E-state index is 0.115. The topological polar surface area (TPSA) is 87.7 Å². The van der Waals surface area contributed by atoms with E-state index < -0.39 is 11.9 Å². The number of amides is 3. The van der Waals surface area contributed by atoms with Gasteiger partial charge >= 0.3 is 0 Å². The van der Waals surface area contributed by atoms with Crippen LogP contribution >= 0.6 is 0 Å². The monoisotopic (exact) mass is 395 g/mol. The van der Waals surface area contributed by atoms with Gasteiger partial charge < -0.3 is 20.3 Å². The van der Waals surface area contributed by atoms with Crippen molar-refractivity contribution in [1.82, 2.24) is 10.2 Å². The lowest BCUT2D eigenvalue weighted by Crippen LogP contribution is -2.47. The summed E-state index contributed by atoms with van der Waals surface area (Å²) < 4.78 is 5.08. The molecule has 0 aliphatic heterocycles. The van der Waals surface area contributed by atoms with Crippen LogP contribution in [0.15, 0.2) is 60.7 Å². The summed E-state index contributed by atoms with van der Waals surface area (Å²) in [5.41, 5.74) is 1.48. The highest BCUT2D eigenvalue weighted by Crippen LogP contribution is 2.12. The van der Waals surface area contributed by atoms with Gasteiger partial charge in [-0.2, -0.15) is 0 Å². The van der Waals surface area contributed by atoms with Gasteiger partial charge in [-0.25, -0.2) is 0 Å². The van der Waals surface area contributed by atoms with Crippen LogP contribution in [0.25, 0.3) is 6.08 Å². The van der Waals surface area contributed by atoms with Crippen molar-refractivity contribution in [2.45, 2.75) is 13.0 Å². The molecule has 29 heavy (non-hydrogen) atoms. The first-order valence-corrected chi connectivity index (χ1v) is 9.11. The fourth-order valence-corrected chi connectivity index (χ4v) is 2.56. The third kappa shape index (κ3) is 7.14. The van der Waals surface area contributed by atoms with Crippen LogP contribution in [0.3, 0.4) is 0 Å². The number of ether oxygens (including phenoxy) is 1. The first kappa shape index (κ1) is 21.7. The third-order valence-electron chi connectivity index (χ3n) is 4.09. The van der Waals surface area contributed by atoms with E-state index >= 15 is 0 Å². The second-order valence-corrected chi connectivity index (χ2v) is 6.45. The Bertz CT molecular complexity index is 863. The van der Waals surface area contributed by atoms with Crippen LogP contribution in [0.2, 0.25) is 0 Å². The van der Waals surface area contributed by atoms with Crippen LogP contribution in [-0.2, 0) is 14.4 Å². The molecule has 7 heteroatoms. The summed E-state index contributed by atoms with van der Waals surface area (Å²) in [5.74, 6) is -0.349. The standard InChI is InChI=1S/C22H25N3O4/c1-16(23-20(26)14-11-17-9-12-19(29-3)13-10-17)22(28)25(2)15-21(27)24-18-7-5-4-6-8-18/h4-14,16H,15H2,1-3H3,(H,23,26)(H,24,27)/b14-11+. The highest BCUT2D eigenvalue weighted by atomic mass is 16.5. The van der Waals surface area contributed by atoms with E-state index in [0.717, 1.165) is 11.3 Å². The molecule has 1 unspecified atom stereocenters. The molecule has 0 fully saturated rings. The Morgan fingerprint density at radius 3 is 2.34 bits per heavy atom. The summed E-state index contributed by atoms with van der Waals surface area (Å²) in [5, 5.41) is 5.32. The maximum atomic E-state index is 12.4. The van der Waals surface area contributed by atoms with Gasteiger partial charge in [0.2, 0.25) is 17.7 Å². The highest BCUT2D eigenvalue weighted by Gasteiger charge is 2.20. The molecule has 0 heterocycles. The van der Waals surface area contributed by atoms with Crippen molar-refractivity contribution < 1.29 is 19.1 Å². The van der Waals surface area contributed by atoms with Gasteiger partial charge in [-0.15, -0.1) is 0 Å². The smallest absolute Gasteiger partial charge is 0.245 e. The normalized spacial score (nSPS) is 11.6. The fourth-order valence-electron chi connectivity index (χ4n) is 2.56. The lowest BCUT2D eigenvalue weighted by Gasteiger charge is -2.21. The molecule has 7 nitrogen and oxygen atoms in total. The number of hydrogen-bond donors (Lipinski definition) is 2. The highest BCUT2D eigenvalue weighted by molar-refractivity contribution is 5.97. The van der Waals surface area contributed by atoms with Crippen LogP contribution in [0.1, 0.15) is 12.5 Å². The molecule has 0 aliphatic rings. The molecule has 152 valence electrons. The van der Waals surface area contributed by atoms with Gasteiger partial charge in [0.25, 0.3) is 0 Å². The molecule has 2 N–H and O–H groups in total. The Morgan fingerprint density at radius 1 is 1.07 bits per heavy atom. The molecule has 0 aliphatic carbocycles. The molecule has 2 rings (SSSR count). The predicted octanol–water partition coefficient (Wildman–Crippen LogP) is 2.31. The molecule has 0 spiro atoms. The first-order chi connectivity index (χ1) is 13.9. The summed E-state index contributed by atoms with van der Waals surface area (Å²) >= 11 is 0. The number of hydrogen-bond acceptors (Lipinski definition) is 4. The van der Waals surface area contributed by atoms with Gasteiger partial charge in [-0.05, 0) is 42.8 Å². The molecular formula is C22H25N3O4. The van der Waals surface area contributed by atoms with E-state index in [1.165, 1.54) is 18.0 Å². The Labute approximate surface area is 170 Å². The molecule has 0 radical (unpaired) electrons. The number of nitrogens with zero attached hydrogens (tertiary/aromatic N) is 1. The maximum absolute atomic E-state index is 12.4. The van der Waals surface area contributed by atoms with E-state index in [-0.39, 0.29) is 18.4 Å². The summed E-state index contributed by atoms with van der Waals surface area (Å²) in [7, 11) is 3.10. The molecule has 0 aromatic heterocycles. The predicted molar refractivity (Wildman–Crippen MR) is 112 cm³/mol. The summed E-state index contributed by atoms with van der Waals surface area (Å²) in [6, 6.07) is 15.4. The zero-order chi connectivity index (χ0) is 21.2. The Morgan fingerprint density at radius 2 is 1.72 bits per heavy atom. The number of anilines is 1. The molecule has 1 atom stereocenters. The fraction of sp³-hybridized carbons (Fsp3) is 0.227. The zero-order valence-corrected chi connectivity index (χ0v) is 16.7. The first-order valence-electron chi connectivity index (χ1n) is 9.11. The summed E-state index contributed by atoms with van der Waals surface area (Å²) in [4.78, 5) is 37.8. The molecule has 2 aromatic carbocycles. The zero-order valence-electron chi connectivity index (χ0n) is 16.7. The van der Waals surface area contributed by atoms with Crippen LogP contribution in [0, 0.1) is 0 Å². The number of para-hydroxylation sites is 1. The van der Waals surface area contributed by atoms with Gasteiger partial charge in [-0.1, -0.05) is 30.3 Å². The summed E-state index contributed by atoms with van der Waals surface area (Å²) in [6.07, 6.45) is 3.00. The number of benzene rings is 2. The van der Waals surface area contributed by atoms with E-state index in [4.69, 9.17) is 4.74 Å². The number of carbonyl (C=O) groups excluding carboxylic acids is 3. The SMILES string of the molecule is COc1ccc(/C=C/C(=O)NC(C)C(=O)N(C)CC(=O)Nc2ccccc2)cc1. The lowest BCUT2D eigenvalue weighted by molar-refractivity contribution is -0.136. The van der Waals surface area contributed by atoms with Crippen molar-refractivity contribution >= 4 is 29.5 Å². The molecular weight excluding hydrogens is 370 g/mol. The molecule has 2 aromatic rings. The van der Waals surface area contributed by atoms with Gasteiger partial charge in [0.15, 0.2) is 0 Å². The van der Waals surface area contributed by atoms with Crippen LogP contribution in [0.5, 0.6) is 5.75 Å². The number of likely N-dealkylation sites (N-methyl/N-ethyl adjacent to an activating group) is 1. The van der Waals surface area contributed by atoms with Crippen LogP contribution in [0.4, 0.5) is 5.69 Å². The molecule has 3 amide bonds. The molecule has 0 saturated carbocycles. The van der Waals surface area contributed by atoms with Gasteiger partial charge in [0.05, 0.1) is 13.7 Å². The largest absolute Gasteiger partial charge is 0.497 e. The van der Waals surface area contributed by atoms with Gasteiger partial charge in [0, 0.05) is 18.8 Å². The molecule has 0 bridgehead atoms. The lowest BCUT2D eigenvalue weighted by atomic mass is 10.2. The van der Waals surface area contributed by atoms with E-state index in [1.807, 2.05) is 30.3 Å². The number of nitrogens with one attached hydrogen (secondary N) is 2. The second-order valence-electron chi connectivity index (χ2n) is 6.45. The quantitative estimate of drug-likeness (QED) is 0.672. The van der Waals surface area contributed by atoms with E-state index in [2.05, 4.69) is 10.6 Å². The second kappa shape index (κ2) is 10.7. The van der Waals surface area contributed by atoms with Gasteiger partial charge in [0.1, 0.15) is 11.8 Å². The molecule has 0 saturated heterocycles. The van der Waals surface area contributed by atoms with Crippen molar-refractivity contribution in [2.75, 3.05) is 26.0 Å². The van der Waals surface area contributed by atoms with E-state index in [9.17, 15) is 14.4 Å². The van der Waals surface area contributed by atoms with Crippen LogP contribution in [-0.4, -0.2) is 49.4 Å². The third-order valence-corrected chi connectivity index (χ3v) is 4.09. The number of methoxy groups -OCH3 is 1.